The van der Waals surface area contributed by atoms with E-state index in [0.29, 0.717) is 26.9 Å². The summed E-state index contributed by atoms with van der Waals surface area (Å²) in [5.74, 6) is -0.293. The standard InChI is InChI=1S/C14H11Cl2N3O/c1-9(12-3-2-11(15)8-13(12)16)18-19-14(20)10-4-6-17-7-5-10/h2-8,18H,1H2,(H,19,20). The van der Waals surface area contributed by atoms with Gasteiger partial charge in [0.1, 0.15) is 0 Å². The lowest BCUT2D eigenvalue weighted by molar-refractivity contribution is 0.0942. The molecule has 2 rings (SSSR count). The minimum atomic E-state index is -0.293. The summed E-state index contributed by atoms with van der Waals surface area (Å²) in [5.41, 5.74) is 6.86. The third-order valence-electron chi connectivity index (χ3n) is 2.53. The van der Waals surface area contributed by atoms with Crippen LogP contribution in [0.1, 0.15) is 15.9 Å². The summed E-state index contributed by atoms with van der Waals surface area (Å²) in [4.78, 5) is 15.7. The highest BCUT2D eigenvalue weighted by molar-refractivity contribution is 6.35. The smallest absolute Gasteiger partial charge is 0.269 e. The molecule has 1 aromatic carbocycles. The van der Waals surface area contributed by atoms with Crippen LogP contribution < -0.4 is 10.9 Å². The molecule has 4 nitrogen and oxygen atoms in total. The molecule has 0 bridgehead atoms. The lowest BCUT2D eigenvalue weighted by Crippen LogP contribution is -2.35. The van der Waals surface area contributed by atoms with Crippen LogP contribution in [-0.4, -0.2) is 10.9 Å². The van der Waals surface area contributed by atoms with Crippen LogP contribution in [0.3, 0.4) is 0 Å². The van der Waals surface area contributed by atoms with Gasteiger partial charge in [-0.3, -0.25) is 20.6 Å². The monoisotopic (exact) mass is 307 g/mol. The summed E-state index contributed by atoms with van der Waals surface area (Å²) in [5, 5.41) is 0.987. The molecule has 0 atom stereocenters. The number of hydrogen-bond acceptors (Lipinski definition) is 3. The maximum atomic E-state index is 11.8. The predicted octanol–water partition coefficient (Wildman–Crippen LogP) is 3.29. The van der Waals surface area contributed by atoms with Gasteiger partial charge in [0.15, 0.2) is 0 Å². The highest BCUT2D eigenvalue weighted by Crippen LogP contribution is 2.24. The molecule has 0 aliphatic carbocycles. The summed E-state index contributed by atoms with van der Waals surface area (Å²) >= 11 is 11.9. The van der Waals surface area contributed by atoms with Gasteiger partial charge >= 0.3 is 0 Å². The predicted molar refractivity (Wildman–Crippen MR) is 80.3 cm³/mol. The van der Waals surface area contributed by atoms with Gasteiger partial charge in [0.25, 0.3) is 5.91 Å². The van der Waals surface area contributed by atoms with Crippen molar-refractivity contribution in [1.82, 2.24) is 15.8 Å². The molecule has 0 unspecified atom stereocenters. The molecule has 0 aliphatic heterocycles. The zero-order valence-corrected chi connectivity index (χ0v) is 11.9. The van der Waals surface area contributed by atoms with Gasteiger partial charge < -0.3 is 0 Å². The molecule has 6 heteroatoms. The van der Waals surface area contributed by atoms with E-state index >= 15 is 0 Å². The van der Waals surface area contributed by atoms with Crippen molar-refractivity contribution < 1.29 is 4.79 Å². The molecule has 1 aromatic heterocycles. The van der Waals surface area contributed by atoms with E-state index in [1.54, 1.807) is 42.7 Å². The second-order valence-electron chi connectivity index (χ2n) is 3.92. The van der Waals surface area contributed by atoms with Gasteiger partial charge in [0.05, 0.1) is 10.7 Å². The Bertz CT molecular complexity index is 644. The third-order valence-corrected chi connectivity index (χ3v) is 3.07. The number of hydrogen-bond donors (Lipinski definition) is 2. The molecule has 0 saturated heterocycles. The van der Waals surface area contributed by atoms with Gasteiger partial charge in [-0.05, 0) is 30.3 Å². The summed E-state index contributed by atoms with van der Waals surface area (Å²) in [7, 11) is 0. The Kier molecular flexibility index (Phi) is 4.61. The molecule has 2 aromatic rings. The van der Waals surface area contributed by atoms with E-state index in [9.17, 15) is 4.79 Å². The van der Waals surface area contributed by atoms with Gasteiger partial charge in [-0.1, -0.05) is 29.8 Å². The fourth-order valence-corrected chi connectivity index (χ4v) is 2.03. The Labute approximate surface area is 126 Å². The van der Waals surface area contributed by atoms with E-state index in [-0.39, 0.29) is 5.91 Å². The van der Waals surface area contributed by atoms with Crippen molar-refractivity contribution in [2.45, 2.75) is 0 Å². The summed E-state index contributed by atoms with van der Waals surface area (Å²) in [6.45, 7) is 3.82. The van der Waals surface area contributed by atoms with Gasteiger partial charge in [0, 0.05) is 28.5 Å². The first-order valence-corrected chi connectivity index (χ1v) is 6.44. The van der Waals surface area contributed by atoms with E-state index in [4.69, 9.17) is 23.2 Å². The van der Waals surface area contributed by atoms with Crippen LogP contribution in [0.5, 0.6) is 0 Å². The first-order valence-electron chi connectivity index (χ1n) is 5.68. The number of carbonyl (C=O) groups is 1. The number of rotatable bonds is 4. The number of nitrogens with one attached hydrogen (secondary N) is 2. The van der Waals surface area contributed by atoms with Crippen molar-refractivity contribution in [2.75, 3.05) is 0 Å². The zero-order valence-electron chi connectivity index (χ0n) is 10.4. The fraction of sp³-hybridized carbons (Fsp3) is 0. The summed E-state index contributed by atoms with van der Waals surface area (Å²) < 4.78 is 0. The average molecular weight is 308 g/mol. The molecule has 2 N–H and O–H groups in total. The third kappa shape index (κ3) is 3.50. The number of hydrazine groups is 1. The largest absolute Gasteiger partial charge is 0.298 e. The Morgan fingerprint density at radius 1 is 1.10 bits per heavy atom. The minimum absolute atomic E-state index is 0.293. The molecule has 0 fully saturated rings. The van der Waals surface area contributed by atoms with Crippen molar-refractivity contribution in [2.24, 2.45) is 0 Å². The van der Waals surface area contributed by atoms with Gasteiger partial charge in [-0.25, -0.2) is 0 Å². The lowest BCUT2D eigenvalue weighted by atomic mass is 10.2. The van der Waals surface area contributed by atoms with Crippen LogP contribution in [0, 0.1) is 0 Å². The van der Waals surface area contributed by atoms with Crippen LogP contribution >= 0.6 is 23.2 Å². The molecule has 0 saturated carbocycles. The SMILES string of the molecule is C=C(NNC(=O)c1ccncc1)c1ccc(Cl)cc1Cl. The first kappa shape index (κ1) is 14.4. The second-order valence-corrected chi connectivity index (χ2v) is 4.76. The minimum Gasteiger partial charge on any atom is -0.298 e. The van der Waals surface area contributed by atoms with Crippen molar-refractivity contribution in [3.8, 4) is 0 Å². The van der Waals surface area contributed by atoms with Crippen LogP contribution in [0.25, 0.3) is 5.70 Å². The lowest BCUT2D eigenvalue weighted by Gasteiger charge is -2.12. The molecule has 0 aliphatic rings. The fourth-order valence-electron chi connectivity index (χ4n) is 1.51. The number of pyridine rings is 1. The molecule has 1 heterocycles. The van der Waals surface area contributed by atoms with Crippen molar-refractivity contribution in [3.05, 3.63) is 70.5 Å². The number of nitrogens with zero attached hydrogens (tertiary/aromatic N) is 1. The highest BCUT2D eigenvalue weighted by atomic mass is 35.5. The normalized spacial score (nSPS) is 9.90. The van der Waals surface area contributed by atoms with Gasteiger partial charge in [-0.15, -0.1) is 0 Å². The summed E-state index contributed by atoms with van der Waals surface area (Å²) in [6.07, 6.45) is 3.08. The maximum Gasteiger partial charge on any atom is 0.269 e. The quantitative estimate of drug-likeness (QED) is 0.852. The van der Waals surface area contributed by atoms with Crippen molar-refractivity contribution in [1.29, 1.82) is 0 Å². The van der Waals surface area contributed by atoms with E-state index in [2.05, 4.69) is 22.4 Å². The van der Waals surface area contributed by atoms with Crippen molar-refractivity contribution in [3.63, 3.8) is 0 Å². The summed E-state index contributed by atoms with van der Waals surface area (Å²) in [6, 6.07) is 8.24. The van der Waals surface area contributed by atoms with Crippen LogP contribution in [0.15, 0.2) is 49.3 Å². The van der Waals surface area contributed by atoms with E-state index in [0.717, 1.165) is 0 Å². The Balaban J connectivity index is 2.00. The molecular weight excluding hydrogens is 297 g/mol. The van der Waals surface area contributed by atoms with Crippen LogP contribution in [0.4, 0.5) is 0 Å². The van der Waals surface area contributed by atoms with Crippen LogP contribution in [-0.2, 0) is 0 Å². The molecule has 20 heavy (non-hydrogen) atoms. The number of amides is 1. The Morgan fingerprint density at radius 2 is 1.80 bits per heavy atom. The second kappa shape index (κ2) is 6.41. The molecule has 1 amide bonds. The van der Waals surface area contributed by atoms with Crippen LogP contribution in [0.2, 0.25) is 10.0 Å². The number of aromatic nitrogens is 1. The first-order chi connectivity index (χ1) is 9.58. The average Bonchev–Trinajstić information content (AvgIpc) is 2.45. The van der Waals surface area contributed by atoms with Gasteiger partial charge in [-0.2, -0.15) is 0 Å². The zero-order chi connectivity index (χ0) is 14.5. The van der Waals surface area contributed by atoms with E-state index in [1.807, 2.05) is 0 Å². The molecule has 102 valence electrons. The number of halogens is 2. The molecule has 0 radical (unpaired) electrons. The Morgan fingerprint density at radius 3 is 2.45 bits per heavy atom. The molecule has 0 spiro atoms. The maximum absolute atomic E-state index is 11.8. The number of carbonyl (C=O) groups excluding carboxylic acids is 1. The van der Waals surface area contributed by atoms with Gasteiger partial charge in [0.2, 0.25) is 0 Å². The molecular formula is C14H11Cl2N3O. The van der Waals surface area contributed by atoms with Crippen molar-refractivity contribution >= 4 is 34.8 Å². The van der Waals surface area contributed by atoms with E-state index in [1.165, 1.54) is 0 Å². The number of benzene rings is 1. The Hall–Kier alpha value is -2.04. The highest BCUT2D eigenvalue weighted by Gasteiger charge is 2.08. The van der Waals surface area contributed by atoms with E-state index < -0.39 is 0 Å². The topological polar surface area (TPSA) is 54.0 Å².